The summed E-state index contributed by atoms with van der Waals surface area (Å²) < 4.78 is 67.7. The number of aryl methyl sites for hydroxylation is 2. The van der Waals surface area contributed by atoms with Gasteiger partial charge in [-0.05, 0) is 49.7 Å². The molecule has 4 rings (SSSR count). The smallest absolute Gasteiger partial charge is 0.276 e. The fourth-order valence-electron chi connectivity index (χ4n) is 3.53. The van der Waals surface area contributed by atoms with E-state index in [0.29, 0.717) is 18.2 Å². The molecule has 12 heteroatoms. The molecule has 1 amide bonds. The van der Waals surface area contributed by atoms with Crippen molar-refractivity contribution in [1.29, 1.82) is 0 Å². The van der Waals surface area contributed by atoms with Gasteiger partial charge in [0.1, 0.15) is 17.3 Å². The molecule has 2 aromatic heterocycles. The highest BCUT2D eigenvalue weighted by molar-refractivity contribution is 7.84. The Hall–Kier alpha value is -3.38. The number of nitrogens with one attached hydrogen (secondary N) is 1. The van der Waals surface area contributed by atoms with Crippen LogP contribution in [0.5, 0.6) is 0 Å². The Bertz CT molecular complexity index is 1440. The monoisotopic (exact) mass is 536 g/mol. The number of aromatic nitrogens is 3. The number of carbonyl (C=O) groups is 1. The van der Waals surface area contributed by atoms with Crippen LogP contribution in [0.2, 0.25) is 0 Å². The molecule has 0 spiro atoms. The number of nitrogens with zero attached hydrogens (tertiary/aromatic N) is 3. The van der Waals surface area contributed by atoms with Gasteiger partial charge in [-0.15, -0.1) is 11.3 Å². The van der Waals surface area contributed by atoms with Crippen LogP contribution in [0.25, 0.3) is 0 Å². The van der Waals surface area contributed by atoms with Gasteiger partial charge < -0.3 is 9.88 Å². The van der Waals surface area contributed by atoms with E-state index >= 15 is 0 Å². The number of hydrogen-bond acceptors (Lipinski definition) is 5. The predicted octanol–water partition coefficient (Wildman–Crippen LogP) is 5.45. The summed E-state index contributed by atoms with van der Waals surface area (Å²) in [4.78, 5) is 26.8. The van der Waals surface area contributed by atoms with E-state index < -0.39 is 51.3 Å². The van der Waals surface area contributed by atoms with Crippen LogP contribution in [0, 0.1) is 30.2 Å². The van der Waals surface area contributed by atoms with E-state index in [4.69, 9.17) is 0 Å². The standard InChI is InChI=1S/C24H20F4N4O2S2/c1-3-19-21(35-13(2)30-19)11-32(15-6-4-14(25)5-7-15)23(33)20-10-29-24(31-20)36(34)12-16-17(26)8-9-18(27)22(16)28/h4-10H,3,11-12H2,1-2H3,(H,29,31). The van der Waals surface area contributed by atoms with E-state index in [0.717, 1.165) is 27.8 Å². The Kier molecular flexibility index (Phi) is 7.65. The van der Waals surface area contributed by atoms with Gasteiger partial charge in [-0.3, -0.25) is 9.00 Å². The molecule has 0 bridgehead atoms. The van der Waals surface area contributed by atoms with Crippen molar-refractivity contribution >= 4 is 33.7 Å². The number of hydrogen-bond donors (Lipinski definition) is 1. The summed E-state index contributed by atoms with van der Waals surface area (Å²) in [7, 11) is -2.10. The lowest BCUT2D eigenvalue weighted by atomic mass is 10.2. The molecule has 1 unspecified atom stereocenters. The number of imidazole rings is 1. The highest BCUT2D eigenvalue weighted by Crippen LogP contribution is 2.26. The third-order valence-electron chi connectivity index (χ3n) is 5.32. The second-order valence-corrected chi connectivity index (χ2v) is 10.4. The first kappa shape index (κ1) is 25.7. The molecular weight excluding hydrogens is 516 g/mol. The lowest BCUT2D eigenvalue weighted by Crippen LogP contribution is -2.30. The highest BCUT2D eigenvalue weighted by atomic mass is 32.2. The fourth-order valence-corrected chi connectivity index (χ4v) is 5.60. The summed E-state index contributed by atoms with van der Waals surface area (Å²) in [5.74, 6) is -5.44. The van der Waals surface area contributed by atoms with Crippen molar-refractivity contribution < 1.29 is 26.6 Å². The van der Waals surface area contributed by atoms with Gasteiger partial charge in [0.15, 0.2) is 16.8 Å². The summed E-state index contributed by atoms with van der Waals surface area (Å²) in [6, 6.07) is 6.75. The molecule has 36 heavy (non-hydrogen) atoms. The van der Waals surface area contributed by atoms with Gasteiger partial charge in [0.25, 0.3) is 5.91 Å². The van der Waals surface area contributed by atoms with Crippen molar-refractivity contribution in [2.45, 2.75) is 37.7 Å². The molecule has 0 saturated heterocycles. The van der Waals surface area contributed by atoms with E-state index in [9.17, 15) is 26.6 Å². The molecule has 0 fully saturated rings. The largest absolute Gasteiger partial charge is 0.327 e. The van der Waals surface area contributed by atoms with Gasteiger partial charge in [-0.2, -0.15) is 0 Å². The zero-order valence-electron chi connectivity index (χ0n) is 19.1. The minimum atomic E-state index is -2.10. The number of anilines is 1. The Morgan fingerprint density at radius 3 is 2.47 bits per heavy atom. The van der Waals surface area contributed by atoms with Crippen molar-refractivity contribution in [3.63, 3.8) is 0 Å². The highest BCUT2D eigenvalue weighted by Gasteiger charge is 2.25. The van der Waals surface area contributed by atoms with Crippen LogP contribution in [0.15, 0.2) is 47.8 Å². The van der Waals surface area contributed by atoms with Crippen molar-refractivity contribution in [1.82, 2.24) is 15.0 Å². The Morgan fingerprint density at radius 2 is 1.78 bits per heavy atom. The summed E-state index contributed by atoms with van der Waals surface area (Å²) in [6.45, 7) is 3.96. The first-order valence-electron chi connectivity index (χ1n) is 10.8. The minimum absolute atomic E-state index is 0.0397. The topological polar surface area (TPSA) is 79.0 Å². The molecule has 4 aromatic rings. The first-order valence-corrected chi connectivity index (χ1v) is 12.9. The SMILES string of the molecule is CCc1nc(C)sc1CN(C(=O)c1cnc(S(=O)Cc2c(F)ccc(F)c2F)[nH]1)c1ccc(F)cc1. The molecule has 0 saturated carbocycles. The zero-order chi connectivity index (χ0) is 26.0. The molecule has 2 aromatic carbocycles. The van der Waals surface area contributed by atoms with E-state index in [1.165, 1.54) is 40.5 Å². The average molecular weight is 537 g/mol. The number of H-pyrrole nitrogens is 1. The van der Waals surface area contributed by atoms with Crippen LogP contribution >= 0.6 is 11.3 Å². The maximum atomic E-state index is 14.0. The van der Waals surface area contributed by atoms with Gasteiger partial charge in [0.2, 0.25) is 0 Å². The molecular formula is C24H20F4N4O2S2. The van der Waals surface area contributed by atoms with Crippen molar-refractivity contribution in [2.75, 3.05) is 4.90 Å². The summed E-state index contributed by atoms with van der Waals surface area (Å²) >= 11 is 1.44. The number of rotatable bonds is 8. The summed E-state index contributed by atoms with van der Waals surface area (Å²) in [6.07, 6.45) is 1.81. The molecule has 0 aliphatic carbocycles. The fraction of sp³-hybridized carbons (Fsp3) is 0.208. The van der Waals surface area contributed by atoms with Crippen LogP contribution in [-0.2, 0) is 29.5 Å². The zero-order valence-corrected chi connectivity index (χ0v) is 20.8. The minimum Gasteiger partial charge on any atom is -0.327 e. The second kappa shape index (κ2) is 10.7. The molecule has 1 atom stereocenters. The van der Waals surface area contributed by atoms with Crippen LogP contribution < -0.4 is 4.90 Å². The second-order valence-electron chi connectivity index (χ2n) is 7.74. The Morgan fingerprint density at radius 1 is 1.08 bits per heavy atom. The maximum absolute atomic E-state index is 14.0. The maximum Gasteiger partial charge on any atom is 0.276 e. The summed E-state index contributed by atoms with van der Waals surface area (Å²) in [5.41, 5.74) is 0.527. The van der Waals surface area contributed by atoms with Crippen molar-refractivity contribution in [3.05, 3.63) is 92.7 Å². The van der Waals surface area contributed by atoms with Crippen LogP contribution in [0.4, 0.5) is 23.2 Å². The number of thiazole rings is 1. The van der Waals surface area contributed by atoms with Crippen LogP contribution in [0.3, 0.4) is 0 Å². The first-order chi connectivity index (χ1) is 17.2. The van der Waals surface area contributed by atoms with Gasteiger partial charge in [0, 0.05) is 16.1 Å². The van der Waals surface area contributed by atoms with E-state index in [1.807, 2.05) is 13.8 Å². The number of aromatic amines is 1. The van der Waals surface area contributed by atoms with Gasteiger partial charge in [-0.25, -0.2) is 27.5 Å². The number of benzene rings is 2. The van der Waals surface area contributed by atoms with E-state index in [1.54, 1.807) is 0 Å². The molecule has 0 aliphatic heterocycles. The van der Waals surface area contributed by atoms with Crippen LogP contribution in [-0.4, -0.2) is 25.1 Å². The van der Waals surface area contributed by atoms with Crippen molar-refractivity contribution in [3.8, 4) is 0 Å². The predicted molar refractivity (Wildman–Crippen MR) is 128 cm³/mol. The summed E-state index contributed by atoms with van der Waals surface area (Å²) in [5, 5.41) is 0.632. The van der Waals surface area contributed by atoms with E-state index in [-0.39, 0.29) is 17.4 Å². The molecule has 188 valence electrons. The Labute approximate surface area is 210 Å². The molecule has 0 aliphatic rings. The molecule has 6 nitrogen and oxygen atoms in total. The number of halogens is 4. The third kappa shape index (κ3) is 5.39. The average Bonchev–Trinajstić information content (AvgIpc) is 3.49. The normalized spacial score (nSPS) is 12.1. The quantitative estimate of drug-likeness (QED) is 0.240. The molecule has 2 heterocycles. The van der Waals surface area contributed by atoms with Gasteiger partial charge in [-0.1, -0.05) is 6.92 Å². The number of amides is 1. The third-order valence-corrected chi connectivity index (χ3v) is 7.51. The number of carbonyl (C=O) groups excluding carboxylic acids is 1. The van der Waals surface area contributed by atoms with Gasteiger partial charge >= 0.3 is 0 Å². The Balaban J connectivity index is 1.62. The molecule has 1 N–H and O–H groups in total. The lowest BCUT2D eigenvalue weighted by Gasteiger charge is -2.22. The molecule has 0 radical (unpaired) electrons. The van der Waals surface area contributed by atoms with Crippen LogP contribution in [0.1, 0.15) is 38.6 Å². The lowest BCUT2D eigenvalue weighted by molar-refractivity contribution is 0.0980. The van der Waals surface area contributed by atoms with E-state index in [2.05, 4.69) is 15.0 Å². The van der Waals surface area contributed by atoms with Crippen molar-refractivity contribution in [2.24, 2.45) is 0 Å². The van der Waals surface area contributed by atoms with Gasteiger partial charge in [0.05, 0.1) is 40.0 Å².